The van der Waals surface area contributed by atoms with E-state index in [9.17, 15) is 9.59 Å². The Hall–Kier alpha value is -1.52. The molecule has 1 aliphatic heterocycles. The number of carbonyl (C=O) groups excluding carboxylic acids is 2. The summed E-state index contributed by atoms with van der Waals surface area (Å²) < 4.78 is 0. The van der Waals surface area contributed by atoms with Crippen LogP contribution in [-0.4, -0.2) is 22.8 Å². The second kappa shape index (κ2) is 6.54. The number of hydrogen-bond acceptors (Lipinski definition) is 3. The minimum Gasteiger partial charge on any atom is -0.349 e. The molecule has 0 aromatic heterocycles. The number of aryl methyl sites for hydroxylation is 1. The van der Waals surface area contributed by atoms with Crippen LogP contribution in [0.5, 0.6) is 0 Å². The van der Waals surface area contributed by atoms with E-state index in [1.165, 1.54) is 4.90 Å². The zero-order valence-corrected chi connectivity index (χ0v) is 14.4. The Morgan fingerprint density at radius 2 is 1.78 bits per heavy atom. The number of halogens is 2. The number of imide groups is 1. The van der Waals surface area contributed by atoms with Crippen LogP contribution in [-0.2, 0) is 9.59 Å². The van der Waals surface area contributed by atoms with Crippen molar-refractivity contribution in [1.82, 2.24) is 4.90 Å². The molecule has 2 aliphatic rings. The molecule has 23 heavy (non-hydrogen) atoms. The van der Waals surface area contributed by atoms with Gasteiger partial charge < -0.3 is 5.32 Å². The standard InChI is InChI=1S/C17H18Cl2N2O2/c1-10-7-8-11(18)9-13(10)20-15-14(19)16(22)21(17(15)23)12-5-3-2-4-6-12/h7-9,12,20H,2-6H2,1H3. The lowest BCUT2D eigenvalue weighted by atomic mass is 9.94. The summed E-state index contributed by atoms with van der Waals surface area (Å²) in [6.07, 6.45) is 4.93. The lowest BCUT2D eigenvalue weighted by molar-refractivity contribution is -0.140. The molecule has 1 heterocycles. The zero-order chi connectivity index (χ0) is 16.6. The van der Waals surface area contributed by atoms with E-state index in [0.717, 1.165) is 37.7 Å². The quantitative estimate of drug-likeness (QED) is 0.828. The van der Waals surface area contributed by atoms with Crippen LogP contribution in [0.25, 0.3) is 0 Å². The molecule has 0 spiro atoms. The van der Waals surface area contributed by atoms with Gasteiger partial charge in [0.15, 0.2) is 0 Å². The highest BCUT2D eigenvalue weighted by Crippen LogP contribution is 2.33. The van der Waals surface area contributed by atoms with Crippen LogP contribution in [0.2, 0.25) is 5.02 Å². The monoisotopic (exact) mass is 352 g/mol. The Kier molecular flexibility index (Phi) is 4.64. The van der Waals surface area contributed by atoms with Gasteiger partial charge in [0.2, 0.25) is 0 Å². The van der Waals surface area contributed by atoms with Gasteiger partial charge in [-0.05, 0) is 37.5 Å². The van der Waals surface area contributed by atoms with Crippen LogP contribution in [0.15, 0.2) is 28.9 Å². The molecule has 4 nitrogen and oxygen atoms in total. The van der Waals surface area contributed by atoms with E-state index in [2.05, 4.69) is 5.32 Å². The van der Waals surface area contributed by atoms with Crippen molar-refractivity contribution in [2.24, 2.45) is 0 Å². The summed E-state index contributed by atoms with van der Waals surface area (Å²) in [6, 6.07) is 5.29. The molecule has 0 atom stereocenters. The highest BCUT2D eigenvalue weighted by molar-refractivity contribution is 6.48. The minimum atomic E-state index is -0.397. The molecule has 1 fully saturated rings. The Morgan fingerprint density at radius 3 is 2.48 bits per heavy atom. The van der Waals surface area contributed by atoms with Gasteiger partial charge in [-0.2, -0.15) is 0 Å². The average Bonchev–Trinajstić information content (AvgIpc) is 2.75. The number of amides is 2. The SMILES string of the molecule is Cc1ccc(Cl)cc1NC1=C(Cl)C(=O)N(C2CCCCC2)C1=O. The molecular formula is C17H18Cl2N2O2. The third kappa shape index (κ3) is 3.10. The van der Waals surface area contributed by atoms with Gasteiger partial charge in [0.05, 0.1) is 0 Å². The fourth-order valence-electron chi connectivity index (χ4n) is 3.16. The molecule has 2 amide bonds. The molecule has 0 unspecified atom stereocenters. The van der Waals surface area contributed by atoms with E-state index < -0.39 is 5.91 Å². The van der Waals surface area contributed by atoms with Crippen molar-refractivity contribution in [3.63, 3.8) is 0 Å². The Bertz CT molecular complexity index is 694. The van der Waals surface area contributed by atoms with Crippen LogP contribution >= 0.6 is 23.2 Å². The van der Waals surface area contributed by atoms with Gasteiger partial charge in [0.25, 0.3) is 11.8 Å². The number of anilines is 1. The highest BCUT2D eigenvalue weighted by atomic mass is 35.5. The molecule has 1 N–H and O–H groups in total. The second-order valence-corrected chi connectivity index (χ2v) is 6.86. The van der Waals surface area contributed by atoms with Crippen molar-refractivity contribution < 1.29 is 9.59 Å². The fraction of sp³-hybridized carbons (Fsp3) is 0.412. The minimum absolute atomic E-state index is 0.0417. The summed E-state index contributed by atoms with van der Waals surface area (Å²) in [6.45, 7) is 1.90. The van der Waals surface area contributed by atoms with Crippen molar-refractivity contribution in [3.05, 3.63) is 39.5 Å². The molecule has 0 bridgehead atoms. The summed E-state index contributed by atoms with van der Waals surface area (Å²) in [4.78, 5) is 26.4. The summed E-state index contributed by atoms with van der Waals surface area (Å²) in [5, 5.41) is 3.51. The van der Waals surface area contributed by atoms with Gasteiger partial charge in [-0.15, -0.1) is 0 Å². The number of rotatable bonds is 3. The summed E-state index contributed by atoms with van der Waals surface area (Å²) in [5.41, 5.74) is 1.74. The highest BCUT2D eigenvalue weighted by Gasteiger charge is 2.42. The summed E-state index contributed by atoms with van der Waals surface area (Å²) in [5.74, 6) is -0.739. The first kappa shape index (κ1) is 16.3. The van der Waals surface area contributed by atoms with E-state index >= 15 is 0 Å². The third-order valence-corrected chi connectivity index (χ3v) is 5.04. The maximum atomic E-state index is 12.7. The maximum absolute atomic E-state index is 12.7. The van der Waals surface area contributed by atoms with Crippen molar-refractivity contribution in [3.8, 4) is 0 Å². The number of hydrogen-bond donors (Lipinski definition) is 1. The lowest BCUT2D eigenvalue weighted by Gasteiger charge is -2.29. The van der Waals surface area contributed by atoms with Crippen molar-refractivity contribution in [1.29, 1.82) is 0 Å². The average molecular weight is 353 g/mol. The van der Waals surface area contributed by atoms with E-state index in [0.29, 0.717) is 10.7 Å². The van der Waals surface area contributed by atoms with Gasteiger partial charge in [-0.3, -0.25) is 14.5 Å². The largest absolute Gasteiger partial charge is 0.349 e. The molecule has 122 valence electrons. The number of nitrogens with zero attached hydrogens (tertiary/aromatic N) is 1. The molecule has 0 radical (unpaired) electrons. The molecule has 1 aliphatic carbocycles. The van der Waals surface area contributed by atoms with Crippen LogP contribution in [0.1, 0.15) is 37.7 Å². The van der Waals surface area contributed by atoms with E-state index in [1.807, 2.05) is 13.0 Å². The Morgan fingerprint density at radius 1 is 1.09 bits per heavy atom. The lowest BCUT2D eigenvalue weighted by Crippen LogP contribution is -2.42. The predicted octanol–water partition coefficient (Wildman–Crippen LogP) is 4.21. The predicted molar refractivity (Wildman–Crippen MR) is 91.4 cm³/mol. The van der Waals surface area contributed by atoms with Gasteiger partial charge in [-0.1, -0.05) is 48.5 Å². The van der Waals surface area contributed by atoms with Gasteiger partial charge >= 0.3 is 0 Å². The normalized spacial score (nSPS) is 19.7. The van der Waals surface area contributed by atoms with Crippen LogP contribution in [0.4, 0.5) is 5.69 Å². The first-order valence-electron chi connectivity index (χ1n) is 7.80. The number of benzene rings is 1. The fourth-order valence-corrected chi connectivity index (χ4v) is 3.55. The van der Waals surface area contributed by atoms with E-state index in [1.54, 1.807) is 12.1 Å². The van der Waals surface area contributed by atoms with Gasteiger partial charge in [0.1, 0.15) is 10.7 Å². The van der Waals surface area contributed by atoms with E-state index in [-0.39, 0.29) is 22.7 Å². The summed E-state index contributed by atoms with van der Waals surface area (Å²) in [7, 11) is 0. The maximum Gasteiger partial charge on any atom is 0.279 e. The molecule has 3 rings (SSSR count). The van der Waals surface area contributed by atoms with Crippen LogP contribution < -0.4 is 5.32 Å². The van der Waals surface area contributed by atoms with Crippen LogP contribution in [0.3, 0.4) is 0 Å². The van der Waals surface area contributed by atoms with E-state index in [4.69, 9.17) is 23.2 Å². The molecule has 0 saturated heterocycles. The van der Waals surface area contributed by atoms with Gasteiger partial charge in [-0.25, -0.2) is 0 Å². The summed E-state index contributed by atoms with van der Waals surface area (Å²) >= 11 is 12.2. The smallest absolute Gasteiger partial charge is 0.279 e. The zero-order valence-electron chi connectivity index (χ0n) is 12.9. The number of carbonyl (C=O) groups is 2. The molecule has 1 aromatic carbocycles. The first-order chi connectivity index (χ1) is 11.0. The van der Waals surface area contributed by atoms with Gasteiger partial charge in [0, 0.05) is 16.8 Å². The molecule has 1 aromatic rings. The van der Waals surface area contributed by atoms with Crippen LogP contribution in [0, 0.1) is 6.92 Å². The van der Waals surface area contributed by atoms with Crippen molar-refractivity contribution in [2.75, 3.05) is 5.32 Å². The second-order valence-electron chi connectivity index (χ2n) is 6.05. The molecule has 6 heteroatoms. The number of nitrogens with one attached hydrogen (secondary N) is 1. The Labute approximate surface area is 145 Å². The molecule has 1 saturated carbocycles. The van der Waals surface area contributed by atoms with Crippen molar-refractivity contribution in [2.45, 2.75) is 45.1 Å². The third-order valence-electron chi connectivity index (χ3n) is 4.46. The molecular weight excluding hydrogens is 335 g/mol. The first-order valence-corrected chi connectivity index (χ1v) is 8.55. The van der Waals surface area contributed by atoms with Crippen molar-refractivity contribution >= 4 is 40.7 Å². The Balaban J connectivity index is 1.86. The topological polar surface area (TPSA) is 49.4 Å².